The van der Waals surface area contributed by atoms with Gasteiger partial charge < -0.3 is 9.52 Å². The fourth-order valence-corrected chi connectivity index (χ4v) is 4.04. The fourth-order valence-electron chi connectivity index (χ4n) is 2.76. The number of furan rings is 1. The normalized spacial score (nSPS) is 15.3. The number of hydrogen-bond acceptors (Lipinski definition) is 7. The molecule has 0 aliphatic carbocycles. The molecule has 2 heterocycles. The highest BCUT2D eigenvalue weighted by molar-refractivity contribution is 8.26. The Morgan fingerprint density at radius 2 is 2.14 bits per heavy atom. The van der Waals surface area contributed by atoms with E-state index in [1.165, 1.54) is 11.0 Å². The van der Waals surface area contributed by atoms with Gasteiger partial charge in [0.15, 0.2) is 0 Å². The molecule has 1 aliphatic rings. The third-order valence-corrected chi connectivity index (χ3v) is 5.61. The number of benzene rings is 1. The van der Waals surface area contributed by atoms with Crippen molar-refractivity contribution < 1.29 is 24.0 Å². The van der Waals surface area contributed by atoms with Gasteiger partial charge in [-0.05, 0) is 25.5 Å². The molecule has 1 aliphatic heterocycles. The minimum absolute atomic E-state index is 0.00248. The predicted octanol–water partition coefficient (Wildman–Crippen LogP) is 4.23. The molecule has 1 aromatic heterocycles. The molecule has 3 rings (SSSR count). The van der Waals surface area contributed by atoms with Gasteiger partial charge in [-0.3, -0.25) is 24.6 Å². The second-order valence-electron chi connectivity index (χ2n) is 6.29. The summed E-state index contributed by atoms with van der Waals surface area (Å²) in [6.45, 7) is 1.90. The molecule has 0 spiro atoms. The molecule has 0 bridgehead atoms. The largest absolute Gasteiger partial charge is 0.481 e. The number of carbonyl (C=O) groups is 2. The lowest BCUT2D eigenvalue weighted by molar-refractivity contribution is -0.385. The number of amides is 1. The van der Waals surface area contributed by atoms with Gasteiger partial charge in [0, 0.05) is 36.2 Å². The number of carboxylic acid groups (broad SMARTS) is 1. The van der Waals surface area contributed by atoms with Crippen molar-refractivity contribution in [2.24, 2.45) is 0 Å². The van der Waals surface area contributed by atoms with Crippen molar-refractivity contribution in [1.82, 2.24) is 4.90 Å². The fraction of sp³-hybridized carbons (Fsp3) is 0.211. The Hall–Kier alpha value is -2.98. The smallest absolute Gasteiger partial charge is 0.303 e. The minimum Gasteiger partial charge on any atom is -0.481 e. The van der Waals surface area contributed by atoms with E-state index >= 15 is 0 Å². The van der Waals surface area contributed by atoms with E-state index in [4.69, 9.17) is 21.7 Å². The van der Waals surface area contributed by atoms with Gasteiger partial charge in [0.2, 0.25) is 0 Å². The molecule has 1 fully saturated rings. The molecule has 0 atom stereocenters. The monoisotopic (exact) mass is 432 g/mol. The molecule has 29 heavy (non-hydrogen) atoms. The summed E-state index contributed by atoms with van der Waals surface area (Å²) in [5.41, 5.74) is 1.11. The van der Waals surface area contributed by atoms with Crippen LogP contribution < -0.4 is 0 Å². The second kappa shape index (κ2) is 8.58. The van der Waals surface area contributed by atoms with E-state index in [2.05, 4.69) is 0 Å². The lowest BCUT2D eigenvalue weighted by Gasteiger charge is -2.13. The number of thioether (sulfide) groups is 1. The quantitative estimate of drug-likeness (QED) is 0.299. The molecule has 1 amide bonds. The number of hydrogen-bond donors (Lipinski definition) is 1. The molecule has 2 aromatic rings. The van der Waals surface area contributed by atoms with Crippen molar-refractivity contribution in [1.29, 1.82) is 0 Å². The summed E-state index contributed by atoms with van der Waals surface area (Å²) in [6.07, 6.45) is 1.83. The van der Waals surface area contributed by atoms with Crippen molar-refractivity contribution in [2.75, 3.05) is 6.54 Å². The molecule has 0 unspecified atom stereocenters. The maximum atomic E-state index is 12.5. The number of carbonyl (C=O) groups excluding carboxylic acids is 1. The van der Waals surface area contributed by atoms with Gasteiger partial charge in [0.05, 0.1) is 9.83 Å². The molecular formula is C19H16N2O6S2. The Kier molecular flexibility index (Phi) is 6.14. The Morgan fingerprint density at radius 1 is 1.38 bits per heavy atom. The molecule has 1 N–H and O–H groups in total. The molecule has 0 saturated carbocycles. The third kappa shape index (κ3) is 4.72. The predicted molar refractivity (Wildman–Crippen MR) is 112 cm³/mol. The summed E-state index contributed by atoms with van der Waals surface area (Å²) < 4.78 is 6.10. The Balaban J connectivity index is 1.77. The lowest BCUT2D eigenvalue weighted by atomic mass is 10.1. The topological polar surface area (TPSA) is 114 Å². The summed E-state index contributed by atoms with van der Waals surface area (Å²) in [5, 5.41) is 19.8. The maximum absolute atomic E-state index is 12.5. The first-order valence-electron chi connectivity index (χ1n) is 8.58. The van der Waals surface area contributed by atoms with Crippen LogP contribution in [0.25, 0.3) is 17.4 Å². The molecule has 10 heteroatoms. The molecule has 1 saturated heterocycles. The van der Waals surface area contributed by atoms with Crippen LogP contribution >= 0.6 is 24.0 Å². The number of rotatable bonds is 7. The minimum atomic E-state index is -0.926. The first-order chi connectivity index (χ1) is 13.8. The maximum Gasteiger partial charge on any atom is 0.303 e. The van der Waals surface area contributed by atoms with Crippen molar-refractivity contribution in [3.63, 3.8) is 0 Å². The highest BCUT2D eigenvalue weighted by Crippen LogP contribution is 2.34. The SMILES string of the molecule is Cc1ccc(-c2ccc(C=C3SC(=S)N(CCCC(=O)O)C3=O)o2)cc1[N+](=O)[O-]. The molecule has 0 radical (unpaired) electrons. The van der Waals surface area contributed by atoms with Crippen molar-refractivity contribution >= 4 is 51.9 Å². The van der Waals surface area contributed by atoms with Gasteiger partial charge in [0.1, 0.15) is 15.8 Å². The summed E-state index contributed by atoms with van der Waals surface area (Å²) in [6, 6.07) is 8.16. The van der Waals surface area contributed by atoms with Crippen molar-refractivity contribution in [3.05, 3.63) is 56.7 Å². The number of nitro groups is 1. The zero-order valence-electron chi connectivity index (χ0n) is 15.3. The zero-order valence-corrected chi connectivity index (χ0v) is 16.9. The highest BCUT2D eigenvalue weighted by Gasteiger charge is 2.32. The van der Waals surface area contributed by atoms with Crippen LogP contribution in [-0.2, 0) is 9.59 Å². The number of carboxylic acids is 1. The summed E-state index contributed by atoms with van der Waals surface area (Å²) in [4.78, 5) is 35.6. The number of nitro benzene ring substituents is 1. The Labute approximate surface area is 175 Å². The summed E-state index contributed by atoms with van der Waals surface area (Å²) >= 11 is 6.33. The second-order valence-corrected chi connectivity index (χ2v) is 7.97. The number of nitrogens with zero attached hydrogens (tertiary/aromatic N) is 2. The van der Waals surface area contributed by atoms with Gasteiger partial charge >= 0.3 is 5.97 Å². The summed E-state index contributed by atoms with van der Waals surface area (Å²) in [5.74, 6) is -0.370. The molecule has 1 aromatic carbocycles. The molecule has 8 nitrogen and oxygen atoms in total. The van der Waals surface area contributed by atoms with Crippen LogP contribution in [-0.4, -0.2) is 37.7 Å². The highest BCUT2D eigenvalue weighted by atomic mass is 32.2. The van der Waals surface area contributed by atoms with Gasteiger partial charge in [-0.15, -0.1) is 0 Å². The number of aliphatic carboxylic acids is 1. The van der Waals surface area contributed by atoms with Gasteiger partial charge in [-0.1, -0.05) is 36.1 Å². The van der Waals surface area contributed by atoms with E-state index in [-0.39, 0.29) is 24.6 Å². The van der Waals surface area contributed by atoms with Crippen LogP contribution in [0.1, 0.15) is 24.2 Å². The van der Waals surface area contributed by atoms with Gasteiger partial charge in [-0.25, -0.2) is 0 Å². The van der Waals surface area contributed by atoms with Crippen molar-refractivity contribution in [3.8, 4) is 11.3 Å². The van der Waals surface area contributed by atoms with Crippen LogP contribution in [0.3, 0.4) is 0 Å². The standard InChI is InChI=1S/C19H16N2O6S2/c1-11-4-5-12(9-14(11)21(25)26)15-7-6-13(27-15)10-16-18(24)20(19(28)29-16)8-2-3-17(22)23/h4-7,9-10H,2-3,8H2,1H3,(H,22,23). The van der Waals surface area contributed by atoms with Crippen LogP contribution in [0.5, 0.6) is 0 Å². The Bertz CT molecular complexity index is 1040. The molecule has 150 valence electrons. The van der Waals surface area contributed by atoms with Crippen LogP contribution in [0, 0.1) is 17.0 Å². The molecular weight excluding hydrogens is 416 g/mol. The number of aryl methyl sites for hydroxylation is 1. The van der Waals surface area contributed by atoms with E-state index in [1.54, 1.807) is 37.3 Å². The van der Waals surface area contributed by atoms with Crippen molar-refractivity contribution in [2.45, 2.75) is 19.8 Å². The van der Waals surface area contributed by atoms with Crippen LogP contribution in [0.15, 0.2) is 39.7 Å². The average molecular weight is 432 g/mol. The third-order valence-electron chi connectivity index (χ3n) is 4.24. The van der Waals surface area contributed by atoms with E-state index in [0.717, 1.165) is 11.8 Å². The lowest BCUT2D eigenvalue weighted by Crippen LogP contribution is -2.29. The first-order valence-corrected chi connectivity index (χ1v) is 9.81. The van der Waals surface area contributed by atoms with E-state index < -0.39 is 10.9 Å². The Morgan fingerprint density at radius 3 is 2.83 bits per heavy atom. The van der Waals surface area contributed by atoms with E-state index in [0.29, 0.717) is 38.3 Å². The first kappa shape index (κ1) is 20.7. The summed E-state index contributed by atoms with van der Waals surface area (Å²) in [7, 11) is 0. The van der Waals surface area contributed by atoms with Crippen LogP contribution in [0.4, 0.5) is 5.69 Å². The van der Waals surface area contributed by atoms with E-state index in [1.807, 2.05) is 0 Å². The average Bonchev–Trinajstić information content (AvgIpc) is 3.22. The number of thiocarbonyl (C=S) groups is 1. The van der Waals surface area contributed by atoms with Crippen LogP contribution in [0.2, 0.25) is 0 Å². The van der Waals surface area contributed by atoms with Gasteiger partial charge in [-0.2, -0.15) is 0 Å². The van der Waals surface area contributed by atoms with Gasteiger partial charge in [0.25, 0.3) is 11.6 Å². The zero-order chi connectivity index (χ0) is 21.1. The van der Waals surface area contributed by atoms with E-state index in [9.17, 15) is 19.7 Å².